The smallest absolute Gasteiger partial charge is 0.337 e. The molecule has 0 fully saturated rings. The number of amides is 1. The molecule has 1 heterocycles. The number of nitrogens with one attached hydrogen (secondary N) is 1. The summed E-state index contributed by atoms with van der Waals surface area (Å²) in [5.41, 5.74) is 2.88. The van der Waals surface area contributed by atoms with Crippen molar-refractivity contribution in [3.8, 4) is 6.07 Å². The van der Waals surface area contributed by atoms with Gasteiger partial charge in [-0.15, -0.1) is 0 Å². The fourth-order valence-corrected chi connectivity index (χ4v) is 3.21. The molecule has 2 aromatic rings. The summed E-state index contributed by atoms with van der Waals surface area (Å²) in [6.45, 7) is 2.13. The Balaban J connectivity index is 2.03. The topological polar surface area (TPSA) is 101 Å². The lowest BCUT2D eigenvalue weighted by Crippen LogP contribution is -2.14. The highest BCUT2D eigenvalue weighted by Crippen LogP contribution is 2.25. The monoisotopic (exact) mass is 385 g/mol. The standard InChI is InChI=1S/C19H19N3O4S/c1-12-8-14(10-25-2)16(9-20)18(21-12)27-11-17(23)22-15-6-4-13(5-7-15)19(24)26-3/h4-8H,10-11H2,1-3H3,(H,22,23). The minimum absolute atomic E-state index is 0.0936. The van der Waals surface area contributed by atoms with Gasteiger partial charge in [-0.2, -0.15) is 5.26 Å². The van der Waals surface area contributed by atoms with Crippen LogP contribution in [0.4, 0.5) is 5.69 Å². The van der Waals surface area contributed by atoms with E-state index >= 15 is 0 Å². The number of aromatic nitrogens is 1. The summed E-state index contributed by atoms with van der Waals surface area (Å²) in [5.74, 6) is -0.591. The Hall–Kier alpha value is -2.89. The summed E-state index contributed by atoms with van der Waals surface area (Å²) in [5, 5.41) is 12.7. The van der Waals surface area contributed by atoms with Crippen LogP contribution in [-0.2, 0) is 20.9 Å². The fourth-order valence-electron chi connectivity index (χ4n) is 2.34. The van der Waals surface area contributed by atoms with E-state index in [2.05, 4.69) is 21.1 Å². The number of ether oxygens (including phenoxy) is 2. The Bertz CT molecular complexity index is 876. The van der Waals surface area contributed by atoms with Gasteiger partial charge in [0.05, 0.1) is 30.6 Å². The van der Waals surface area contributed by atoms with Gasteiger partial charge in [-0.1, -0.05) is 11.8 Å². The van der Waals surface area contributed by atoms with Crippen LogP contribution in [0.1, 0.15) is 27.2 Å². The van der Waals surface area contributed by atoms with Crippen LogP contribution in [0.15, 0.2) is 35.4 Å². The number of anilines is 1. The largest absolute Gasteiger partial charge is 0.465 e. The van der Waals surface area contributed by atoms with Crippen LogP contribution in [0.5, 0.6) is 0 Å². The highest BCUT2D eigenvalue weighted by Gasteiger charge is 2.14. The number of nitrogens with zero attached hydrogens (tertiary/aromatic N) is 2. The van der Waals surface area contributed by atoms with Crippen molar-refractivity contribution in [3.63, 3.8) is 0 Å². The first-order chi connectivity index (χ1) is 13.0. The molecule has 0 bridgehead atoms. The van der Waals surface area contributed by atoms with Crippen molar-refractivity contribution in [2.45, 2.75) is 18.6 Å². The van der Waals surface area contributed by atoms with E-state index in [1.165, 1.54) is 18.9 Å². The van der Waals surface area contributed by atoms with Gasteiger partial charge in [-0.3, -0.25) is 4.79 Å². The van der Waals surface area contributed by atoms with Crippen molar-refractivity contribution in [2.24, 2.45) is 0 Å². The quantitative estimate of drug-likeness (QED) is 0.577. The van der Waals surface area contributed by atoms with Gasteiger partial charge in [0, 0.05) is 18.5 Å². The van der Waals surface area contributed by atoms with Gasteiger partial charge in [0.15, 0.2) is 0 Å². The zero-order chi connectivity index (χ0) is 19.8. The predicted octanol–water partition coefficient (Wildman–Crippen LogP) is 2.93. The molecule has 27 heavy (non-hydrogen) atoms. The zero-order valence-corrected chi connectivity index (χ0v) is 16.1. The molecule has 0 radical (unpaired) electrons. The average molecular weight is 385 g/mol. The van der Waals surface area contributed by atoms with E-state index in [-0.39, 0.29) is 11.7 Å². The molecule has 8 heteroatoms. The van der Waals surface area contributed by atoms with Gasteiger partial charge in [0.2, 0.25) is 5.91 Å². The maximum Gasteiger partial charge on any atom is 0.337 e. The lowest BCUT2D eigenvalue weighted by molar-refractivity contribution is -0.113. The first-order valence-electron chi connectivity index (χ1n) is 7.99. The number of thioether (sulfide) groups is 1. The molecule has 2 rings (SSSR count). The van der Waals surface area contributed by atoms with Crippen molar-refractivity contribution >= 4 is 29.3 Å². The highest BCUT2D eigenvalue weighted by atomic mass is 32.2. The number of rotatable bonds is 7. The number of pyridine rings is 1. The third-order valence-electron chi connectivity index (χ3n) is 3.54. The Kier molecular flexibility index (Phi) is 7.34. The summed E-state index contributed by atoms with van der Waals surface area (Å²) in [7, 11) is 2.87. The van der Waals surface area contributed by atoms with Gasteiger partial charge in [0.25, 0.3) is 0 Å². The second kappa shape index (κ2) is 9.71. The van der Waals surface area contributed by atoms with E-state index in [4.69, 9.17) is 4.74 Å². The Morgan fingerprint density at radius 1 is 1.26 bits per heavy atom. The lowest BCUT2D eigenvalue weighted by Gasteiger charge is -2.10. The summed E-state index contributed by atoms with van der Waals surface area (Å²) < 4.78 is 9.75. The van der Waals surface area contributed by atoms with E-state index in [1.54, 1.807) is 37.4 Å². The van der Waals surface area contributed by atoms with Gasteiger partial charge < -0.3 is 14.8 Å². The van der Waals surface area contributed by atoms with E-state index in [9.17, 15) is 14.9 Å². The van der Waals surface area contributed by atoms with E-state index in [0.29, 0.717) is 28.4 Å². The van der Waals surface area contributed by atoms with Crippen LogP contribution in [0.2, 0.25) is 0 Å². The van der Waals surface area contributed by atoms with Crippen LogP contribution in [0.25, 0.3) is 0 Å². The van der Waals surface area contributed by atoms with E-state index < -0.39 is 5.97 Å². The minimum Gasteiger partial charge on any atom is -0.465 e. The van der Waals surface area contributed by atoms with Crippen LogP contribution in [0, 0.1) is 18.3 Å². The first-order valence-corrected chi connectivity index (χ1v) is 8.97. The summed E-state index contributed by atoms with van der Waals surface area (Å²) in [4.78, 5) is 28.0. The zero-order valence-electron chi connectivity index (χ0n) is 15.2. The normalized spacial score (nSPS) is 10.1. The molecule has 7 nitrogen and oxygen atoms in total. The first kappa shape index (κ1) is 20.4. The SMILES string of the molecule is COCc1cc(C)nc(SCC(=O)Nc2ccc(C(=O)OC)cc2)c1C#N. The van der Waals surface area contributed by atoms with Crippen LogP contribution in [0.3, 0.4) is 0 Å². The van der Waals surface area contributed by atoms with Gasteiger partial charge in [-0.25, -0.2) is 9.78 Å². The van der Waals surface area contributed by atoms with Crippen molar-refractivity contribution in [2.75, 3.05) is 25.3 Å². The second-order valence-corrected chi connectivity index (χ2v) is 6.52. The third-order valence-corrected chi connectivity index (χ3v) is 4.51. The summed E-state index contributed by atoms with van der Waals surface area (Å²) in [6, 6.07) is 10.3. The second-order valence-electron chi connectivity index (χ2n) is 5.55. The summed E-state index contributed by atoms with van der Waals surface area (Å²) >= 11 is 1.19. The molecule has 1 aromatic carbocycles. The number of aryl methyl sites for hydroxylation is 1. The van der Waals surface area contributed by atoms with Crippen molar-refractivity contribution in [3.05, 3.63) is 52.7 Å². The molecule has 0 spiro atoms. The van der Waals surface area contributed by atoms with Gasteiger partial charge >= 0.3 is 5.97 Å². The number of methoxy groups -OCH3 is 2. The number of carbonyl (C=O) groups is 2. The lowest BCUT2D eigenvalue weighted by atomic mass is 10.1. The predicted molar refractivity (Wildman–Crippen MR) is 102 cm³/mol. The third kappa shape index (κ3) is 5.54. The number of benzene rings is 1. The van der Waals surface area contributed by atoms with Crippen LogP contribution in [-0.4, -0.2) is 36.8 Å². The molecule has 140 valence electrons. The number of carbonyl (C=O) groups excluding carboxylic acids is 2. The van der Waals surface area contributed by atoms with E-state index in [1.807, 2.05) is 6.92 Å². The molecule has 0 aliphatic carbocycles. The number of nitriles is 1. The molecule has 1 amide bonds. The molecule has 0 aliphatic heterocycles. The number of esters is 1. The van der Waals surface area contributed by atoms with Gasteiger partial charge in [-0.05, 0) is 42.8 Å². The Morgan fingerprint density at radius 3 is 2.56 bits per heavy atom. The van der Waals surface area contributed by atoms with Gasteiger partial charge in [0.1, 0.15) is 11.1 Å². The average Bonchev–Trinajstić information content (AvgIpc) is 2.66. The molecular formula is C19H19N3O4S. The molecule has 0 saturated heterocycles. The van der Waals surface area contributed by atoms with E-state index in [0.717, 1.165) is 11.3 Å². The molecule has 0 saturated carbocycles. The number of hydrogen-bond donors (Lipinski definition) is 1. The van der Waals surface area contributed by atoms with Crippen LogP contribution < -0.4 is 5.32 Å². The summed E-state index contributed by atoms with van der Waals surface area (Å²) in [6.07, 6.45) is 0. The molecule has 0 atom stereocenters. The van der Waals surface area contributed by atoms with Crippen LogP contribution >= 0.6 is 11.8 Å². The molecular weight excluding hydrogens is 366 g/mol. The van der Waals surface area contributed by atoms with Crippen molar-refractivity contribution in [1.29, 1.82) is 5.26 Å². The molecule has 0 aliphatic rings. The molecule has 0 unspecified atom stereocenters. The maximum atomic E-state index is 12.2. The number of hydrogen-bond acceptors (Lipinski definition) is 7. The highest BCUT2D eigenvalue weighted by molar-refractivity contribution is 8.00. The maximum absolute atomic E-state index is 12.2. The Labute approximate surface area is 161 Å². The molecule has 1 N–H and O–H groups in total. The minimum atomic E-state index is -0.440. The Morgan fingerprint density at radius 2 is 1.96 bits per heavy atom. The van der Waals surface area contributed by atoms with Crippen molar-refractivity contribution < 1.29 is 19.1 Å². The fraction of sp³-hybridized carbons (Fsp3) is 0.263. The van der Waals surface area contributed by atoms with Crippen molar-refractivity contribution in [1.82, 2.24) is 4.98 Å². The molecule has 1 aromatic heterocycles.